The molecule has 4 heterocycles. The molecule has 192 valence electrons. The molecular weight excluding hydrogens is 489 g/mol. The Morgan fingerprint density at radius 1 is 1.13 bits per heavy atom. The largest absolute Gasteiger partial charge is 0.464 e. The van der Waals surface area contributed by atoms with E-state index in [1.165, 1.54) is 19.2 Å². The summed E-state index contributed by atoms with van der Waals surface area (Å²) in [5.41, 5.74) is 3.29. The Morgan fingerprint density at radius 3 is 2.87 bits per heavy atom. The fraction of sp³-hybridized carbons (Fsp3) is 0.241. The summed E-state index contributed by atoms with van der Waals surface area (Å²) in [4.78, 5) is 31.9. The Labute approximate surface area is 217 Å². The molecule has 0 spiro atoms. The number of carbonyl (C=O) groups excluding carboxylic acids is 2. The second-order valence-electron chi connectivity index (χ2n) is 9.79. The van der Waals surface area contributed by atoms with Crippen LogP contribution in [0.15, 0.2) is 60.7 Å². The average molecular weight is 514 g/mol. The number of fused-ring (bicyclic) bond motifs is 5. The molecule has 8 nitrogen and oxygen atoms in total. The van der Waals surface area contributed by atoms with Crippen LogP contribution in [-0.4, -0.2) is 48.4 Å². The van der Waals surface area contributed by atoms with Crippen molar-refractivity contribution in [3.8, 4) is 11.5 Å². The maximum Gasteiger partial charge on any atom is 0.354 e. The van der Waals surface area contributed by atoms with Crippen LogP contribution in [0, 0.1) is 5.82 Å². The van der Waals surface area contributed by atoms with Crippen molar-refractivity contribution in [3.63, 3.8) is 0 Å². The van der Waals surface area contributed by atoms with Crippen molar-refractivity contribution in [2.24, 2.45) is 0 Å². The lowest BCUT2D eigenvalue weighted by atomic mass is 9.72. The molecule has 2 N–H and O–H groups in total. The molecule has 38 heavy (non-hydrogen) atoms. The summed E-state index contributed by atoms with van der Waals surface area (Å²) in [5, 5.41) is 4.14. The number of nitrogens with zero attached hydrogens (tertiary/aromatic N) is 1. The highest BCUT2D eigenvalue weighted by atomic mass is 19.1. The van der Waals surface area contributed by atoms with Crippen LogP contribution in [0.2, 0.25) is 0 Å². The number of methoxy groups -OCH3 is 1. The van der Waals surface area contributed by atoms with E-state index in [0.717, 1.165) is 16.8 Å². The number of carbonyl (C=O) groups is 2. The van der Waals surface area contributed by atoms with E-state index >= 15 is 0 Å². The molecule has 0 saturated carbocycles. The van der Waals surface area contributed by atoms with Gasteiger partial charge in [-0.1, -0.05) is 30.3 Å². The normalized spacial score (nSPS) is 20.8. The number of H-pyrrole nitrogens is 1. The molecule has 3 aromatic carbocycles. The van der Waals surface area contributed by atoms with E-state index in [1.807, 2.05) is 47.4 Å². The van der Waals surface area contributed by atoms with Crippen molar-refractivity contribution in [2.45, 2.75) is 24.4 Å². The number of ether oxygens (including phenoxy) is 3. The van der Waals surface area contributed by atoms with Gasteiger partial charge in [0.05, 0.1) is 18.9 Å². The molecule has 3 aliphatic rings. The first kappa shape index (κ1) is 22.7. The van der Waals surface area contributed by atoms with E-state index in [1.54, 1.807) is 6.07 Å². The van der Waals surface area contributed by atoms with Gasteiger partial charge in [0.25, 0.3) is 0 Å². The number of hydrogen-bond donors (Lipinski definition) is 2. The van der Waals surface area contributed by atoms with Crippen molar-refractivity contribution < 1.29 is 28.2 Å². The van der Waals surface area contributed by atoms with Gasteiger partial charge in [-0.3, -0.25) is 4.79 Å². The lowest BCUT2D eigenvalue weighted by Gasteiger charge is -2.33. The number of esters is 1. The molecule has 0 radical (unpaired) electrons. The smallest absolute Gasteiger partial charge is 0.354 e. The van der Waals surface area contributed by atoms with Crippen LogP contribution < -0.4 is 14.8 Å². The van der Waals surface area contributed by atoms with E-state index in [4.69, 9.17) is 14.2 Å². The second-order valence-corrected chi connectivity index (χ2v) is 9.79. The minimum atomic E-state index is -0.805. The quantitative estimate of drug-likeness (QED) is 0.395. The number of halogens is 1. The van der Waals surface area contributed by atoms with Crippen LogP contribution >= 0.6 is 0 Å². The van der Waals surface area contributed by atoms with Gasteiger partial charge in [-0.05, 0) is 42.3 Å². The molecule has 9 heteroatoms. The van der Waals surface area contributed by atoms with Crippen LogP contribution in [0.25, 0.3) is 10.9 Å². The lowest BCUT2D eigenvalue weighted by Crippen LogP contribution is -2.47. The number of nitrogens with one attached hydrogen (secondary N) is 2. The van der Waals surface area contributed by atoms with Gasteiger partial charge in [-0.15, -0.1) is 0 Å². The summed E-state index contributed by atoms with van der Waals surface area (Å²) in [7, 11) is 1.32. The zero-order valence-corrected chi connectivity index (χ0v) is 20.5. The molecule has 3 aliphatic heterocycles. The fourth-order valence-electron chi connectivity index (χ4n) is 6.40. The molecule has 0 aliphatic carbocycles. The Morgan fingerprint density at radius 2 is 2.00 bits per heavy atom. The third kappa shape index (κ3) is 3.08. The zero-order chi connectivity index (χ0) is 26.0. The average Bonchev–Trinajstić information content (AvgIpc) is 3.69. The summed E-state index contributed by atoms with van der Waals surface area (Å²) in [6.45, 7) is 0.570. The molecule has 1 saturated heterocycles. The Kier molecular flexibility index (Phi) is 4.91. The first-order valence-corrected chi connectivity index (χ1v) is 12.4. The van der Waals surface area contributed by atoms with Gasteiger partial charge in [0.1, 0.15) is 17.7 Å². The lowest BCUT2D eigenvalue weighted by molar-refractivity contribution is -0.131. The minimum absolute atomic E-state index is 0.0910. The molecule has 2 unspecified atom stereocenters. The van der Waals surface area contributed by atoms with Gasteiger partial charge in [0.2, 0.25) is 12.7 Å². The van der Waals surface area contributed by atoms with E-state index in [0.29, 0.717) is 40.9 Å². The highest BCUT2D eigenvalue weighted by Gasteiger charge is 2.58. The predicted octanol–water partition coefficient (Wildman–Crippen LogP) is 4.34. The van der Waals surface area contributed by atoms with Gasteiger partial charge in [0.15, 0.2) is 11.5 Å². The Bertz CT molecular complexity index is 1630. The number of anilines is 1. The third-order valence-electron chi connectivity index (χ3n) is 7.96. The number of benzene rings is 3. The number of likely N-dealkylation sites (tertiary alicyclic amines) is 1. The summed E-state index contributed by atoms with van der Waals surface area (Å²) in [6.07, 6.45) is 0.170. The fourth-order valence-corrected chi connectivity index (χ4v) is 6.40. The SMILES string of the molecule is COC(=O)c1[nH]c2ccc(F)cc2c1C12CCN(C(=O)Cc3cccc4c3OCO4)C1Nc1ccccc12. The van der Waals surface area contributed by atoms with Gasteiger partial charge in [-0.2, -0.15) is 0 Å². The van der Waals surface area contributed by atoms with Crippen molar-refractivity contribution in [3.05, 3.63) is 88.9 Å². The molecular formula is C29H24FN3O5. The van der Waals surface area contributed by atoms with Crippen LogP contribution in [-0.2, 0) is 21.4 Å². The maximum atomic E-state index is 14.6. The van der Waals surface area contributed by atoms with Crippen molar-refractivity contribution in [1.29, 1.82) is 0 Å². The summed E-state index contributed by atoms with van der Waals surface area (Å²) in [6, 6.07) is 17.8. The molecule has 4 aromatic rings. The summed E-state index contributed by atoms with van der Waals surface area (Å²) >= 11 is 0. The number of rotatable bonds is 4. The maximum absolute atomic E-state index is 14.6. The summed E-state index contributed by atoms with van der Waals surface area (Å²) in [5.74, 6) is 0.171. The monoisotopic (exact) mass is 513 g/mol. The standard InChI is InChI=1S/C29H24FN3O5/c1-36-27(35)25-24(18-14-17(30)9-10-20(18)31-25)29-11-12-33(28(29)32-21-7-3-2-6-19(21)29)23(34)13-16-5-4-8-22-26(16)38-15-37-22/h2-10,14,28,31-32H,11-13,15H2,1H3. The van der Waals surface area contributed by atoms with Crippen LogP contribution in [0.4, 0.5) is 10.1 Å². The first-order chi connectivity index (χ1) is 18.5. The first-order valence-electron chi connectivity index (χ1n) is 12.4. The predicted molar refractivity (Wildman–Crippen MR) is 137 cm³/mol. The van der Waals surface area contributed by atoms with Crippen molar-refractivity contribution >= 4 is 28.5 Å². The van der Waals surface area contributed by atoms with Crippen molar-refractivity contribution in [2.75, 3.05) is 25.8 Å². The number of aromatic amines is 1. The number of aromatic nitrogens is 1. The van der Waals surface area contributed by atoms with Gasteiger partial charge in [-0.25, -0.2) is 9.18 Å². The molecule has 0 bridgehead atoms. The van der Waals surface area contributed by atoms with Crippen LogP contribution in [0.5, 0.6) is 11.5 Å². The van der Waals surface area contributed by atoms with Crippen LogP contribution in [0.1, 0.15) is 33.6 Å². The second kappa shape index (κ2) is 8.24. The van der Waals surface area contributed by atoms with E-state index in [9.17, 15) is 14.0 Å². The van der Waals surface area contributed by atoms with E-state index < -0.39 is 23.4 Å². The zero-order valence-electron chi connectivity index (χ0n) is 20.5. The molecule has 7 rings (SSSR count). The van der Waals surface area contributed by atoms with Gasteiger partial charge >= 0.3 is 5.97 Å². The number of para-hydroxylation sites is 2. The highest BCUT2D eigenvalue weighted by molar-refractivity contribution is 6.00. The summed E-state index contributed by atoms with van der Waals surface area (Å²) < 4.78 is 30.8. The molecule has 1 amide bonds. The topological polar surface area (TPSA) is 92.9 Å². The van der Waals surface area contributed by atoms with Gasteiger partial charge < -0.3 is 29.4 Å². The molecule has 1 aromatic heterocycles. The minimum Gasteiger partial charge on any atom is -0.464 e. The number of hydrogen-bond acceptors (Lipinski definition) is 6. The molecule has 1 fully saturated rings. The number of amides is 1. The van der Waals surface area contributed by atoms with E-state index in [-0.39, 0.29) is 24.8 Å². The molecule has 2 atom stereocenters. The Balaban J connectivity index is 1.37. The van der Waals surface area contributed by atoms with Crippen molar-refractivity contribution in [1.82, 2.24) is 9.88 Å². The third-order valence-corrected chi connectivity index (χ3v) is 7.96. The Hall–Kier alpha value is -4.53. The highest BCUT2D eigenvalue weighted by Crippen LogP contribution is 2.55. The van der Waals surface area contributed by atoms with Crippen LogP contribution in [0.3, 0.4) is 0 Å². The van der Waals surface area contributed by atoms with Gasteiger partial charge in [0, 0.05) is 34.3 Å². The van der Waals surface area contributed by atoms with E-state index in [2.05, 4.69) is 10.3 Å².